The van der Waals surface area contributed by atoms with Gasteiger partial charge < -0.3 is 15.5 Å². The number of aromatic nitrogens is 4. The minimum atomic E-state index is -0.539. The molecule has 4 aromatic rings. The molecule has 152 valence electrons. The van der Waals surface area contributed by atoms with Crippen molar-refractivity contribution in [1.29, 1.82) is 0 Å². The van der Waals surface area contributed by atoms with Gasteiger partial charge >= 0.3 is 0 Å². The number of halogens is 1. The standard InChI is InChI=1S/C21H19FN6O2/c1-12-3-5-14(6-4-12)21-25-17(13(2)30-21)11-28-19(23)18(26-27-28)20(29)24-16-9-7-15(22)8-10-16/h3-10H,11,23H2,1-2H3,(H,24,29). The molecule has 0 atom stereocenters. The maximum absolute atomic E-state index is 13.0. The molecule has 8 nitrogen and oxygen atoms in total. The van der Waals surface area contributed by atoms with E-state index in [1.807, 2.05) is 31.2 Å². The van der Waals surface area contributed by atoms with Crippen LogP contribution in [-0.2, 0) is 6.54 Å². The highest BCUT2D eigenvalue weighted by atomic mass is 19.1. The summed E-state index contributed by atoms with van der Waals surface area (Å²) >= 11 is 0. The molecule has 0 aliphatic rings. The van der Waals surface area contributed by atoms with Crippen LogP contribution in [0.5, 0.6) is 0 Å². The Morgan fingerprint density at radius 2 is 1.83 bits per heavy atom. The van der Waals surface area contributed by atoms with Crippen molar-refractivity contribution >= 4 is 17.4 Å². The smallest absolute Gasteiger partial charge is 0.280 e. The molecule has 0 fully saturated rings. The summed E-state index contributed by atoms with van der Waals surface area (Å²) < 4.78 is 20.2. The van der Waals surface area contributed by atoms with Crippen LogP contribution in [0.25, 0.3) is 11.5 Å². The molecule has 2 heterocycles. The lowest BCUT2D eigenvalue weighted by molar-refractivity contribution is 0.102. The number of oxazole rings is 1. The first kappa shape index (κ1) is 19.3. The van der Waals surface area contributed by atoms with E-state index in [-0.39, 0.29) is 18.1 Å². The first-order chi connectivity index (χ1) is 14.4. The Morgan fingerprint density at radius 1 is 1.13 bits per heavy atom. The van der Waals surface area contributed by atoms with Crippen LogP contribution < -0.4 is 11.1 Å². The Hall–Kier alpha value is -4.01. The highest BCUT2D eigenvalue weighted by Crippen LogP contribution is 2.23. The van der Waals surface area contributed by atoms with Crippen LogP contribution in [0.15, 0.2) is 52.9 Å². The monoisotopic (exact) mass is 406 g/mol. The number of nitrogens with zero attached hydrogens (tertiary/aromatic N) is 4. The Kier molecular flexibility index (Phi) is 5.01. The zero-order chi connectivity index (χ0) is 21.3. The maximum atomic E-state index is 13.0. The van der Waals surface area contributed by atoms with Gasteiger partial charge in [-0.25, -0.2) is 14.1 Å². The number of hydrogen-bond acceptors (Lipinski definition) is 6. The number of amides is 1. The molecule has 0 aliphatic carbocycles. The number of aryl methyl sites for hydroxylation is 2. The SMILES string of the molecule is Cc1ccc(-c2nc(Cn3nnc(C(=O)Nc4ccc(F)cc4)c3N)c(C)o2)cc1. The molecule has 1 amide bonds. The number of nitrogens with one attached hydrogen (secondary N) is 1. The molecular weight excluding hydrogens is 387 g/mol. The van der Waals surface area contributed by atoms with Gasteiger partial charge in [-0.2, -0.15) is 0 Å². The minimum Gasteiger partial charge on any atom is -0.441 e. The van der Waals surface area contributed by atoms with E-state index in [1.165, 1.54) is 28.9 Å². The largest absolute Gasteiger partial charge is 0.441 e. The number of carbonyl (C=O) groups is 1. The van der Waals surface area contributed by atoms with Crippen molar-refractivity contribution in [3.8, 4) is 11.5 Å². The van der Waals surface area contributed by atoms with Gasteiger partial charge in [-0.15, -0.1) is 5.10 Å². The maximum Gasteiger partial charge on any atom is 0.280 e. The average Bonchev–Trinajstić information content (AvgIpc) is 3.27. The van der Waals surface area contributed by atoms with Crippen LogP contribution in [0, 0.1) is 19.7 Å². The molecule has 0 unspecified atom stereocenters. The molecule has 2 aromatic heterocycles. The molecule has 0 saturated heterocycles. The first-order valence-electron chi connectivity index (χ1n) is 9.20. The van der Waals surface area contributed by atoms with E-state index in [0.29, 0.717) is 23.0 Å². The van der Waals surface area contributed by atoms with E-state index >= 15 is 0 Å². The average molecular weight is 406 g/mol. The van der Waals surface area contributed by atoms with E-state index in [1.54, 1.807) is 6.92 Å². The predicted molar refractivity (Wildman–Crippen MR) is 109 cm³/mol. The molecule has 0 spiro atoms. The van der Waals surface area contributed by atoms with E-state index in [9.17, 15) is 9.18 Å². The zero-order valence-electron chi connectivity index (χ0n) is 16.4. The summed E-state index contributed by atoms with van der Waals surface area (Å²) in [6.45, 7) is 4.01. The lowest BCUT2D eigenvalue weighted by atomic mass is 10.1. The van der Waals surface area contributed by atoms with Crippen LogP contribution in [0.1, 0.15) is 27.5 Å². The Bertz CT molecular complexity index is 1200. The number of anilines is 2. The van der Waals surface area contributed by atoms with Gasteiger partial charge in [0.15, 0.2) is 11.5 Å². The lowest BCUT2D eigenvalue weighted by Crippen LogP contribution is -2.15. The summed E-state index contributed by atoms with van der Waals surface area (Å²) in [5, 5.41) is 10.4. The molecule has 0 saturated carbocycles. The summed E-state index contributed by atoms with van der Waals surface area (Å²) in [4.78, 5) is 17.0. The fourth-order valence-corrected chi connectivity index (χ4v) is 2.86. The van der Waals surface area contributed by atoms with Crippen molar-refractivity contribution in [2.45, 2.75) is 20.4 Å². The summed E-state index contributed by atoms with van der Waals surface area (Å²) in [5.74, 6) is 0.274. The van der Waals surface area contributed by atoms with Crippen molar-refractivity contribution < 1.29 is 13.6 Å². The highest BCUT2D eigenvalue weighted by Gasteiger charge is 2.20. The number of carbonyl (C=O) groups excluding carboxylic acids is 1. The van der Waals surface area contributed by atoms with Crippen LogP contribution in [0.4, 0.5) is 15.9 Å². The highest BCUT2D eigenvalue weighted by molar-refractivity contribution is 6.05. The number of nitrogens with two attached hydrogens (primary N) is 1. The summed E-state index contributed by atoms with van der Waals surface area (Å²) in [6, 6.07) is 13.2. The van der Waals surface area contributed by atoms with E-state index in [2.05, 4.69) is 20.6 Å². The lowest BCUT2D eigenvalue weighted by Gasteiger charge is -2.04. The molecule has 30 heavy (non-hydrogen) atoms. The van der Waals surface area contributed by atoms with Gasteiger partial charge in [0.2, 0.25) is 5.89 Å². The molecular formula is C21H19FN6O2. The van der Waals surface area contributed by atoms with Gasteiger partial charge in [0.1, 0.15) is 17.3 Å². The van der Waals surface area contributed by atoms with Gasteiger partial charge in [0.25, 0.3) is 5.91 Å². The van der Waals surface area contributed by atoms with Crippen molar-refractivity contribution in [1.82, 2.24) is 20.0 Å². The summed E-state index contributed by atoms with van der Waals surface area (Å²) in [5.41, 5.74) is 9.10. The number of hydrogen-bond donors (Lipinski definition) is 2. The molecule has 9 heteroatoms. The van der Waals surface area contributed by atoms with Gasteiger partial charge in [-0.1, -0.05) is 22.9 Å². The zero-order valence-corrected chi connectivity index (χ0v) is 16.4. The van der Waals surface area contributed by atoms with E-state index in [4.69, 9.17) is 10.2 Å². The van der Waals surface area contributed by atoms with E-state index < -0.39 is 11.7 Å². The Morgan fingerprint density at radius 3 is 2.53 bits per heavy atom. The number of rotatable bonds is 5. The molecule has 0 radical (unpaired) electrons. The number of nitrogen functional groups attached to an aromatic ring is 1. The molecule has 3 N–H and O–H groups in total. The van der Waals surface area contributed by atoms with Gasteiger partial charge in [0, 0.05) is 11.3 Å². The van der Waals surface area contributed by atoms with Crippen molar-refractivity contribution in [3.63, 3.8) is 0 Å². The van der Waals surface area contributed by atoms with Crippen LogP contribution in [0.2, 0.25) is 0 Å². The van der Waals surface area contributed by atoms with Crippen molar-refractivity contribution in [3.05, 3.63) is 77.1 Å². The first-order valence-corrected chi connectivity index (χ1v) is 9.20. The molecule has 0 aliphatic heterocycles. The van der Waals surface area contributed by atoms with Gasteiger partial charge in [0.05, 0.1) is 6.54 Å². The second kappa shape index (κ2) is 7.78. The molecule has 0 bridgehead atoms. The van der Waals surface area contributed by atoms with E-state index in [0.717, 1.165) is 11.1 Å². The topological polar surface area (TPSA) is 112 Å². The van der Waals surface area contributed by atoms with Crippen molar-refractivity contribution in [2.75, 3.05) is 11.1 Å². The van der Waals surface area contributed by atoms with Gasteiger partial charge in [-0.3, -0.25) is 4.79 Å². The summed E-state index contributed by atoms with van der Waals surface area (Å²) in [7, 11) is 0. The van der Waals surface area contributed by atoms with Crippen LogP contribution >= 0.6 is 0 Å². The molecule has 2 aromatic carbocycles. The van der Waals surface area contributed by atoms with Crippen molar-refractivity contribution in [2.24, 2.45) is 0 Å². The second-order valence-electron chi connectivity index (χ2n) is 6.83. The fourth-order valence-electron chi connectivity index (χ4n) is 2.86. The third-order valence-corrected chi connectivity index (χ3v) is 4.58. The third-order valence-electron chi connectivity index (χ3n) is 4.58. The quantitative estimate of drug-likeness (QED) is 0.524. The normalized spacial score (nSPS) is 10.9. The molecule has 4 rings (SSSR count). The van der Waals surface area contributed by atoms with Crippen LogP contribution in [-0.4, -0.2) is 25.9 Å². The third kappa shape index (κ3) is 3.90. The fraction of sp³-hybridized carbons (Fsp3) is 0.143. The number of benzene rings is 2. The summed E-state index contributed by atoms with van der Waals surface area (Å²) in [6.07, 6.45) is 0. The predicted octanol–water partition coefficient (Wildman–Crippen LogP) is 3.57. The minimum absolute atomic E-state index is 0.0285. The van der Waals surface area contributed by atoms with Gasteiger partial charge in [-0.05, 0) is 50.2 Å². The van der Waals surface area contributed by atoms with Crippen LogP contribution in [0.3, 0.4) is 0 Å². The Balaban J connectivity index is 1.52. The Labute approximate surface area is 171 Å². The second-order valence-corrected chi connectivity index (χ2v) is 6.83.